The summed E-state index contributed by atoms with van der Waals surface area (Å²) in [5, 5.41) is 21.5. The molecule has 1 aromatic heterocycles. The van der Waals surface area contributed by atoms with E-state index in [0.717, 1.165) is 24.8 Å². The fourth-order valence-corrected chi connectivity index (χ4v) is 4.18. The Morgan fingerprint density at radius 2 is 1.82 bits per heavy atom. The van der Waals surface area contributed by atoms with E-state index in [4.69, 9.17) is 4.74 Å². The Morgan fingerprint density at radius 3 is 2.48 bits per heavy atom. The second-order valence-corrected chi connectivity index (χ2v) is 9.91. The van der Waals surface area contributed by atoms with Crippen LogP contribution < -0.4 is 0 Å². The number of aliphatic hydroxyl groups excluding tert-OH is 2. The second kappa shape index (κ2) is 12.2. The van der Waals surface area contributed by atoms with Gasteiger partial charge in [0.1, 0.15) is 11.9 Å². The summed E-state index contributed by atoms with van der Waals surface area (Å²) in [6.07, 6.45) is 9.50. The number of hydrogen-bond donors (Lipinski definition) is 2. The molecule has 6 heteroatoms. The summed E-state index contributed by atoms with van der Waals surface area (Å²) in [6, 6.07) is 3.73. The van der Waals surface area contributed by atoms with E-state index < -0.39 is 35.6 Å². The molecule has 0 spiro atoms. The van der Waals surface area contributed by atoms with Gasteiger partial charge in [0.15, 0.2) is 0 Å². The molecule has 0 saturated heterocycles. The highest BCUT2D eigenvalue weighted by molar-refractivity contribution is 5.88. The number of rotatable bonds is 2. The average Bonchev–Trinajstić information content (AvgIpc) is 2.79. The molecule has 1 aliphatic heterocycles. The van der Waals surface area contributed by atoms with Crippen molar-refractivity contribution in [1.29, 1.82) is 0 Å². The summed E-state index contributed by atoms with van der Waals surface area (Å²) in [6.45, 7) is 8.95. The van der Waals surface area contributed by atoms with Crippen LogP contribution in [0.15, 0.2) is 42.3 Å². The number of Topliss-reactive ketones (excluding diaryl/α,β-unsaturated/α-hetero) is 1. The molecular weight excluding hydrogens is 418 g/mol. The number of carbonyl (C=O) groups is 2. The number of ether oxygens (including phenoxy) is 1. The van der Waals surface area contributed by atoms with Crippen molar-refractivity contribution >= 4 is 17.8 Å². The minimum absolute atomic E-state index is 0.0430. The van der Waals surface area contributed by atoms with Gasteiger partial charge in [0, 0.05) is 24.7 Å². The van der Waals surface area contributed by atoms with Gasteiger partial charge in [-0.1, -0.05) is 45.4 Å². The molecule has 0 saturated carbocycles. The van der Waals surface area contributed by atoms with Gasteiger partial charge in [0.2, 0.25) is 0 Å². The van der Waals surface area contributed by atoms with Crippen molar-refractivity contribution in [2.24, 2.45) is 17.3 Å². The molecule has 0 aromatic carbocycles. The molecule has 33 heavy (non-hydrogen) atoms. The largest absolute Gasteiger partial charge is 0.458 e. The maximum atomic E-state index is 13.1. The molecule has 5 atom stereocenters. The van der Waals surface area contributed by atoms with Gasteiger partial charge in [-0.05, 0) is 55.9 Å². The topological polar surface area (TPSA) is 96.7 Å². The summed E-state index contributed by atoms with van der Waals surface area (Å²) < 4.78 is 5.68. The van der Waals surface area contributed by atoms with E-state index in [1.807, 2.05) is 38.1 Å². The molecule has 0 fully saturated rings. The minimum atomic E-state index is -1.21. The van der Waals surface area contributed by atoms with Gasteiger partial charge < -0.3 is 14.9 Å². The molecule has 0 unspecified atom stereocenters. The lowest BCUT2D eigenvalue weighted by molar-refractivity contribution is -0.153. The lowest BCUT2D eigenvalue weighted by Gasteiger charge is -2.34. The summed E-state index contributed by atoms with van der Waals surface area (Å²) in [5.74, 6) is -1.49. The Kier molecular flexibility index (Phi) is 9.99. The zero-order valence-corrected chi connectivity index (χ0v) is 20.5. The van der Waals surface area contributed by atoms with E-state index in [0.29, 0.717) is 6.42 Å². The highest BCUT2D eigenvalue weighted by Gasteiger charge is 2.42. The van der Waals surface area contributed by atoms with Crippen LogP contribution in [0.3, 0.4) is 0 Å². The smallest absolute Gasteiger partial charge is 0.309 e. The average molecular weight is 458 g/mol. The van der Waals surface area contributed by atoms with Crippen LogP contribution in [0.2, 0.25) is 0 Å². The maximum absolute atomic E-state index is 13.1. The monoisotopic (exact) mass is 457 g/mol. The quantitative estimate of drug-likeness (QED) is 0.501. The molecule has 2 heterocycles. The molecular formula is C27H39NO5. The summed E-state index contributed by atoms with van der Waals surface area (Å²) in [5.41, 5.74) is 0.948. The maximum Gasteiger partial charge on any atom is 0.309 e. The molecule has 0 amide bonds. The molecule has 0 bridgehead atoms. The highest BCUT2D eigenvalue weighted by Crippen LogP contribution is 2.32. The number of hydrogen-bond acceptors (Lipinski definition) is 6. The van der Waals surface area contributed by atoms with Crippen molar-refractivity contribution in [2.75, 3.05) is 0 Å². The lowest BCUT2D eigenvalue weighted by atomic mass is 9.73. The van der Waals surface area contributed by atoms with E-state index in [9.17, 15) is 19.8 Å². The number of pyridine rings is 1. The van der Waals surface area contributed by atoms with Crippen LogP contribution in [0, 0.1) is 17.3 Å². The fraction of sp³-hybridized carbons (Fsp3) is 0.593. The number of esters is 1. The van der Waals surface area contributed by atoms with Crippen molar-refractivity contribution in [3.05, 3.63) is 47.8 Å². The highest BCUT2D eigenvalue weighted by atomic mass is 16.5. The standard InChI is InChI=1S/C27H39NO5/c1-18-7-6-8-19(2)25(31)20(3)26(32)27(4,5)23(29)17-24(30)33-22(11-9-18)12-10-21-13-15-28-16-14-21/h9-10,12-16,19-20,22-23,25,29,31H,6-8,11,17H2,1-5H3/b12-10?,18-9+/t19-,20+,22-,23-,25-/m0/s1. The van der Waals surface area contributed by atoms with Crippen LogP contribution >= 0.6 is 0 Å². The first-order valence-electron chi connectivity index (χ1n) is 11.9. The molecule has 6 nitrogen and oxygen atoms in total. The molecule has 2 rings (SSSR count). The number of carbonyl (C=O) groups excluding carboxylic acids is 2. The number of aromatic nitrogens is 1. The third-order valence-corrected chi connectivity index (χ3v) is 6.76. The Labute approximate surface area is 197 Å². The van der Waals surface area contributed by atoms with Gasteiger partial charge in [0.25, 0.3) is 0 Å². The van der Waals surface area contributed by atoms with Gasteiger partial charge in [-0.15, -0.1) is 0 Å². The predicted molar refractivity (Wildman–Crippen MR) is 129 cm³/mol. The number of allylic oxidation sites excluding steroid dienone is 1. The van der Waals surface area contributed by atoms with Gasteiger partial charge in [-0.3, -0.25) is 14.6 Å². The second-order valence-electron chi connectivity index (χ2n) is 9.91. The Bertz CT molecular complexity index is 845. The third-order valence-electron chi connectivity index (χ3n) is 6.76. The number of ketones is 1. The first-order chi connectivity index (χ1) is 15.5. The van der Waals surface area contributed by atoms with Crippen LogP contribution in [0.4, 0.5) is 0 Å². The lowest BCUT2D eigenvalue weighted by Crippen LogP contribution is -2.45. The van der Waals surface area contributed by atoms with Gasteiger partial charge >= 0.3 is 5.97 Å². The van der Waals surface area contributed by atoms with Gasteiger partial charge in [0.05, 0.1) is 24.0 Å². The van der Waals surface area contributed by atoms with E-state index in [1.54, 1.807) is 33.2 Å². The molecule has 0 radical (unpaired) electrons. The number of nitrogens with zero attached hydrogens (tertiary/aromatic N) is 1. The van der Waals surface area contributed by atoms with Gasteiger partial charge in [-0.2, -0.15) is 0 Å². The zero-order chi connectivity index (χ0) is 24.6. The van der Waals surface area contributed by atoms with Crippen LogP contribution in [0.25, 0.3) is 6.08 Å². The zero-order valence-electron chi connectivity index (χ0n) is 20.5. The molecule has 182 valence electrons. The first kappa shape index (κ1) is 26.9. The Morgan fingerprint density at radius 1 is 1.15 bits per heavy atom. The summed E-state index contributed by atoms with van der Waals surface area (Å²) in [7, 11) is 0. The molecule has 1 aromatic rings. The van der Waals surface area contributed by atoms with E-state index in [1.165, 1.54) is 5.57 Å². The number of cyclic esters (lactones) is 1. The van der Waals surface area contributed by atoms with E-state index >= 15 is 0 Å². The summed E-state index contributed by atoms with van der Waals surface area (Å²) in [4.78, 5) is 29.8. The fourth-order valence-electron chi connectivity index (χ4n) is 4.18. The van der Waals surface area contributed by atoms with Crippen molar-refractivity contribution in [1.82, 2.24) is 4.98 Å². The molecule has 2 N–H and O–H groups in total. The van der Waals surface area contributed by atoms with Crippen molar-refractivity contribution in [2.45, 2.75) is 85.0 Å². The van der Waals surface area contributed by atoms with Crippen LogP contribution in [0.5, 0.6) is 0 Å². The molecule has 0 aliphatic carbocycles. The number of aliphatic hydroxyl groups is 2. The van der Waals surface area contributed by atoms with Crippen molar-refractivity contribution in [3.8, 4) is 0 Å². The van der Waals surface area contributed by atoms with Crippen LogP contribution in [-0.4, -0.2) is 45.3 Å². The van der Waals surface area contributed by atoms with E-state index in [-0.39, 0.29) is 18.1 Å². The predicted octanol–water partition coefficient (Wildman–Crippen LogP) is 4.51. The van der Waals surface area contributed by atoms with Gasteiger partial charge in [-0.25, -0.2) is 0 Å². The Hall–Kier alpha value is -2.31. The normalized spacial score (nSPS) is 32.2. The minimum Gasteiger partial charge on any atom is -0.458 e. The van der Waals surface area contributed by atoms with Crippen molar-refractivity contribution < 1.29 is 24.5 Å². The Balaban J connectivity index is 2.27. The summed E-state index contributed by atoms with van der Waals surface area (Å²) >= 11 is 0. The van der Waals surface area contributed by atoms with Crippen LogP contribution in [0.1, 0.15) is 72.3 Å². The molecule has 1 aliphatic rings. The SMILES string of the molecule is C/C1=C\C[C@@H](C=Cc2ccncc2)OC(=O)C[C@H](O)C(C)(C)C(=O)[C@H](C)[C@@H](O)[C@@H](C)CCC1. The third kappa shape index (κ3) is 7.90. The van der Waals surface area contributed by atoms with Crippen LogP contribution in [-0.2, 0) is 14.3 Å². The first-order valence-corrected chi connectivity index (χ1v) is 11.9. The van der Waals surface area contributed by atoms with Crippen molar-refractivity contribution in [3.63, 3.8) is 0 Å². The van der Waals surface area contributed by atoms with E-state index in [2.05, 4.69) is 11.1 Å².